The smallest absolute Gasteiger partial charge is 0.133 e. The third-order valence-electron chi connectivity index (χ3n) is 3.48. The average molecular weight is 263 g/mol. The van der Waals surface area contributed by atoms with Crippen LogP contribution in [0.3, 0.4) is 0 Å². The Bertz CT molecular complexity index is 400. The number of fused-ring (bicyclic) bond motifs is 1. The monoisotopic (exact) mass is 263 g/mol. The highest BCUT2D eigenvalue weighted by Gasteiger charge is 2.37. The molecule has 0 unspecified atom stereocenters. The van der Waals surface area contributed by atoms with Gasteiger partial charge in [0.1, 0.15) is 6.10 Å². The molecule has 3 atom stereocenters. The second kappa shape index (κ2) is 6.68. The van der Waals surface area contributed by atoms with E-state index < -0.39 is 0 Å². The first-order valence-corrected chi connectivity index (χ1v) is 6.60. The fourth-order valence-corrected chi connectivity index (χ4v) is 2.33. The van der Waals surface area contributed by atoms with E-state index >= 15 is 0 Å². The van der Waals surface area contributed by atoms with E-state index in [0.29, 0.717) is 25.7 Å². The number of rotatable bonds is 6. The van der Waals surface area contributed by atoms with Crippen LogP contribution in [0, 0.1) is 5.92 Å². The molecular weight excluding hydrogens is 242 g/mol. The molecule has 4 heteroatoms. The number of hydrogen-bond acceptors (Lipinski definition) is 4. The van der Waals surface area contributed by atoms with Crippen LogP contribution in [0.4, 0.5) is 0 Å². The number of ether oxygens (including phenoxy) is 2. The molecular formula is C15H21NO3. The van der Waals surface area contributed by atoms with Crippen molar-refractivity contribution in [2.75, 3.05) is 19.8 Å². The maximum absolute atomic E-state index is 5.71. The van der Waals surface area contributed by atoms with E-state index in [-0.39, 0.29) is 12.2 Å². The lowest BCUT2D eigenvalue weighted by molar-refractivity contribution is -0.0246. The first-order chi connectivity index (χ1) is 9.24. The van der Waals surface area contributed by atoms with Crippen molar-refractivity contribution < 1.29 is 14.3 Å². The first kappa shape index (κ1) is 14.0. The van der Waals surface area contributed by atoms with Gasteiger partial charge in [-0.1, -0.05) is 36.5 Å². The Kier molecular flexibility index (Phi) is 4.93. The van der Waals surface area contributed by atoms with Gasteiger partial charge in [-0.05, 0) is 18.9 Å². The van der Waals surface area contributed by atoms with Crippen LogP contribution in [0.25, 0.3) is 0 Å². The van der Waals surface area contributed by atoms with Gasteiger partial charge in [-0.2, -0.15) is 0 Å². The largest absolute Gasteiger partial charge is 0.392 e. The summed E-state index contributed by atoms with van der Waals surface area (Å²) in [6.07, 6.45) is 6.59. The van der Waals surface area contributed by atoms with E-state index in [2.05, 4.69) is 18.3 Å². The zero-order valence-corrected chi connectivity index (χ0v) is 11.4. The fourth-order valence-electron chi connectivity index (χ4n) is 2.33. The average Bonchev–Trinajstić information content (AvgIpc) is 2.79. The van der Waals surface area contributed by atoms with Gasteiger partial charge in [0.05, 0.1) is 31.6 Å². The second-order valence-corrected chi connectivity index (χ2v) is 4.86. The van der Waals surface area contributed by atoms with Gasteiger partial charge >= 0.3 is 0 Å². The molecule has 0 aromatic heterocycles. The number of oxime groups is 1. The van der Waals surface area contributed by atoms with Gasteiger partial charge in [0, 0.05) is 5.92 Å². The van der Waals surface area contributed by atoms with Crippen molar-refractivity contribution in [1.29, 1.82) is 0 Å². The normalized spacial score (nSPS) is 30.3. The van der Waals surface area contributed by atoms with Crippen LogP contribution in [-0.4, -0.2) is 37.7 Å². The molecule has 1 fully saturated rings. The molecule has 0 aromatic rings. The summed E-state index contributed by atoms with van der Waals surface area (Å²) in [5.74, 6) is 0.380. The molecule has 2 aliphatic rings. The maximum Gasteiger partial charge on any atom is 0.133 e. The standard InChI is InChI=1S/C15H21NO3/c1-4-6-12(5-2)8-17-9-13-7-14-11(3)19-16-15(14)10-18-13/h4-6,11,13-14H,1-2,7-10H2,3H3/b12-6+/t11-,13+,14-/m0/s1. The molecule has 2 aliphatic heterocycles. The first-order valence-electron chi connectivity index (χ1n) is 6.60. The Morgan fingerprint density at radius 1 is 1.53 bits per heavy atom. The molecule has 19 heavy (non-hydrogen) atoms. The summed E-state index contributed by atoms with van der Waals surface area (Å²) >= 11 is 0. The van der Waals surface area contributed by atoms with Crippen molar-refractivity contribution in [1.82, 2.24) is 0 Å². The molecule has 1 saturated heterocycles. The molecule has 2 heterocycles. The van der Waals surface area contributed by atoms with Gasteiger partial charge in [-0.25, -0.2) is 0 Å². The van der Waals surface area contributed by atoms with E-state index in [1.807, 2.05) is 13.0 Å². The lowest BCUT2D eigenvalue weighted by atomic mass is 9.90. The van der Waals surface area contributed by atoms with Crippen LogP contribution in [0.2, 0.25) is 0 Å². The molecule has 0 N–H and O–H groups in total. The number of allylic oxidation sites excluding steroid dienone is 2. The van der Waals surface area contributed by atoms with Crippen LogP contribution in [0.15, 0.2) is 42.1 Å². The highest BCUT2D eigenvalue weighted by molar-refractivity contribution is 5.89. The Morgan fingerprint density at radius 3 is 3.11 bits per heavy atom. The van der Waals surface area contributed by atoms with E-state index in [4.69, 9.17) is 14.3 Å². The van der Waals surface area contributed by atoms with Gasteiger partial charge in [-0.3, -0.25) is 0 Å². The van der Waals surface area contributed by atoms with Gasteiger partial charge in [0.2, 0.25) is 0 Å². The van der Waals surface area contributed by atoms with Crippen LogP contribution < -0.4 is 0 Å². The molecule has 0 spiro atoms. The quantitative estimate of drug-likeness (QED) is 0.691. The highest BCUT2D eigenvalue weighted by atomic mass is 16.6. The van der Waals surface area contributed by atoms with Crippen molar-refractivity contribution in [3.8, 4) is 0 Å². The summed E-state index contributed by atoms with van der Waals surface area (Å²) in [6.45, 7) is 11.1. The highest BCUT2D eigenvalue weighted by Crippen LogP contribution is 2.28. The van der Waals surface area contributed by atoms with E-state index in [0.717, 1.165) is 17.7 Å². The molecule has 104 valence electrons. The Hall–Kier alpha value is -1.39. The SMILES string of the molecule is C=C/C=C(\C=C)COC[C@H]1C[C@@H]2C(=NO[C@H]2C)CO1. The minimum absolute atomic E-state index is 0.114. The summed E-state index contributed by atoms with van der Waals surface area (Å²) in [4.78, 5) is 5.27. The van der Waals surface area contributed by atoms with E-state index in [1.54, 1.807) is 12.2 Å². The molecule has 0 radical (unpaired) electrons. The van der Waals surface area contributed by atoms with Crippen LogP contribution in [0.5, 0.6) is 0 Å². The molecule has 0 amide bonds. The Morgan fingerprint density at radius 2 is 2.37 bits per heavy atom. The molecule has 0 aromatic carbocycles. The Balaban J connectivity index is 1.75. The number of hydrogen-bond donors (Lipinski definition) is 0. The zero-order chi connectivity index (χ0) is 13.7. The summed E-state index contributed by atoms with van der Waals surface area (Å²) in [6, 6.07) is 0. The van der Waals surface area contributed by atoms with Crippen molar-refractivity contribution in [3.63, 3.8) is 0 Å². The second-order valence-electron chi connectivity index (χ2n) is 4.86. The van der Waals surface area contributed by atoms with Gasteiger partial charge in [0.25, 0.3) is 0 Å². The lowest BCUT2D eigenvalue weighted by Gasteiger charge is -2.28. The maximum atomic E-state index is 5.71. The van der Waals surface area contributed by atoms with E-state index in [1.165, 1.54) is 0 Å². The minimum Gasteiger partial charge on any atom is -0.392 e. The predicted octanol–water partition coefficient (Wildman–Crippen LogP) is 2.48. The Labute approximate surface area is 114 Å². The molecule has 0 aliphatic carbocycles. The van der Waals surface area contributed by atoms with Crippen LogP contribution in [0.1, 0.15) is 13.3 Å². The molecule has 0 bridgehead atoms. The van der Waals surface area contributed by atoms with E-state index in [9.17, 15) is 0 Å². The topological polar surface area (TPSA) is 40.0 Å². The fraction of sp³-hybridized carbons (Fsp3) is 0.533. The zero-order valence-electron chi connectivity index (χ0n) is 11.4. The van der Waals surface area contributed by atoms with Gasteiger partial charge < -0.3 is 14.3 Å². The lowest BCUT2D eigenvalue weighted by Crippen LogP contribution is -2.38. The van der Waals surface area contributed by atoms with Gasteiger partial charge in [-0.15, -0.1) is 0 Å². The third-order valence-corrected chi connectivity index (χ3v) is 3.48. The van der Waals surface area contributed by atoms with Crippen LogP contribution >= 0.6 is 0 Å². The summed E-state index contributed by atoms with van der Waals surface area (Å²) in [5, 5.41) is 4.04. The van der Waals surface area contributed by atoms with Crippen molar-refractivity contribution >= 4 is 5.71 Å². The number of nitrogens with zero attached hydrogens (tertiary/aromatic N) is 1. The molecule has 0 saturated carbocycles. The van der Waals surface area contributed by atoms with Crippen molar-refractivity contribution in [2.24, 2.45) is 11.1 Å². The molecule has 2 rings (SSSR count). The van der Waals surface area contributed by atoms with Crippen molar-refractivity contribution in [3.05, 3.63) is 37.0 Å². The van der Waals surface area contributed by atoms with Crippen molar-refractivity contribution in [2.45, 2.75) is 25.6 Å². The minimum atomic E-state index is 0.114. The van der Waals surface area contributed by atoms with Gasteiger partial charge in [0.15, 0.2) is 0 Å². The summed E-state index contributed by atoms with van der Waals surface area (Å²) in [5.41, 5.74) is 2.05. The van der Waals surface area contributed by atoms with Crippen LogP contribution in [-0.2, 0) is 14.3 Å². The molecule has 4 nitrogen and oxygen atoms in total. The third kappa shape index (κ3) is 3.55. The summed E-state index contributed by atoms with van der Waals surface area (Å²) in [7, 11) is 0. The predicted molar refractivity (Wildman–Crippen MR) is 75.1 cm³/mol. The summed E-state index contributed by atoms with van der Waals surface area (Å²) < 4.78 is 11.4.